The number of thiophene rings is 1. The molecule has 33 heavy (non-hydrogen) atoms. The monoisotopic (exact) mass is 451 g/mol. The Morgan fingerprint density at radius 1 is 1.09 bits per heavy atom. The zero-order chi connectivity index (χ0) is 22.2. The van der Waals surface area contributed by atoms with Crippen LogP contribution in [0.3, 0.4) is 0 Å². The topological polar surface area (TPSA) is 95.2 Å². The van der Waals surface area contributed by atoms with Crippen molar-refractivity contribution in [3.63, 3.8) is 0 Å². The van der Waals surface area contributed by atoms with Crippen LogP contribution < -0.4 is 5.32 Å². The summed E-state index contributed by atoms with van der Waals surface area (Å²) in [5, 5.41) is 14.2. The molecule has 0 amide bonds. The van der Waals surface area contributed by atoms with Gasteiger partial charge in [0.05, 0.1) is 16.9 Å². The molecule has 6 aromatic rings. The zero-order valence-electron chi connectivity index (χ0n) is 18.0. The molecule has 0 fully saturated rings. The number of fused-ring (bicyclic) bond motifs is 2. The predicted octanol–water partition coefficient (Wildman–Crippen LogP) is 5.40. The fraction of sp³-hybridized carbons (Fsp3) is 0.120. The summed E-state index contributed by atoms with van der Waals surface area (Å²) in [5.41, 5.74) is 8.34. The molecule has 0 unspecified atom stereocenters. The van der Waals surface area contributed by atoms with Crippen LogP contribution in [0.4, 0.5) is 0 Å². The maximum absolute atomic E-state index is 4.95. The highest BCUT2D eigenvalue weighted by Crippen LogP contribution is 2.34. The van der Waals surface area contributed by atoms with Gasteiger partial charge in [-0.15, -0.1) is 11.3 Å². The van der Waals surface area contributed by atoms with Crippen LogP contribution in [0.2, 0.25) is 0 Å². The standard InChI is InChI=1S/C25H21N7S/c1-2-26-12-15-10-16(14-27-13-15)19-5-6-20-23(29-19)24(32-31-20)21-11-18-17(22-4-3-9-33-22)7-8-28-25(18)30-21/h3-11,13-14,26H,2,12H2,1H3,(H,28,30)(H,31,32). The van der Waals surface area contributed by atoms with Gasteiger partial charge in [0.2, 0.25) is 0 Å². The van der Waals surface area contributed by atoms with Gasteiger partial charge in [0.25, 0.3) is 0 Å². The van der Waals surface area contributed by atoms with Crippen LogP contribution >= 0.6 is 11.3 Å². The van der Waals surface area contributed by atoms with E-state index in [2.05, 4.69) is 73.1 Å². The van der Waals surface area contributed by atoms with Crippen molar-refractivity contribution in [1.82, 2.24) is 35.5 Å². The zero-order valence-corrected chi connectivity index (χ0v) is 18.8. The minimum absolute atomic E-state index is 0.777. The summed E-state index contributed by atoms with van der Waals surface area (Å²) >= 11 is 1.72. The van der Waals surface area contributed by atoms with E-state index in [0.717, 1.165) is 68.9 Å². The smallest absolute Gasteiger partial charge is 0.138 e. The number of aromatic amines is 2. The lowest BCUT2D eigenvalue weighted by Crippen LogP contribution is -2.11. The second-order valence-corrected chi connectivity index (χ2v) is 8.76. The molecular weight excluding hydrogens is 430 g/mol. The molecule has 0 radical (unpaired) electrons. The van der Waals surface area contributed by atoms with Crippen molar-refractivity contribution in [1.29, 1.82) is 0 Å². The molecule has 162 valence electrons. The summed E-state index contributed by atoms with van der Waals surface area (Å²) in [6.45, 7) is 3.79. The molecule has 0 spiro atoms. The highest BCUT2D eigenvalue weighted by molar-refractivity contribution is 7.13. The second kappa shape index (κ2) is 8.23. The molecule has 8 heteroatoms. The number of pyridine rings is 3. The van der Waals surface area contributed by atoms with Crippen LogP contribution in [-0.4, -0.2) is 36.7 Å². The minimum Gasteiger partial charge on any atom is -0.338 e. The number of nitrogens with one attached hydrogen (secondary N) is 3. The third kappa shape index (κ3) is 3.59. The van der Waals surface area contributed by atoms with Gasteiger partial charge >= 0.3 is 0 Å². The van der Waals surface area contributed by atoms with Crippen LogP contribution in [-0.2, 0) is 6.54 Å². The fourth-order valence-corrected chi connectivity index (χ4v) is 4.81. The molecule has 6 heterocycles. The van der Waals surface area contributed by atoms with Gasteiger partial charge in [0.15, 0.2) is 0 Å². The normalized spacial score (nSPS) is 11.5. The molecule has 6 aromatic heterocycles. The van der Waals surface area contributed by atoms with E-state index in [1.54, 1.807) is 11.3 Å². The Hall–Kier alpha value is -3.88. The largest absolute Gasteiger partial charge is 0.338 e. The SMILES string of the molecule is CCNCc1cncc(-c2ccc3[nH]nc(-c4cc5c(-c6cccs6)ccnc5[nH]4)c3n2)c1. The Morgan fingerprint density at radius 3 is 2.94 bits per heavy atom. The van der Waals surface area contributed by atoms with Crippen LogP contribution in [0.5, 0.6) is 0 Å². The Morgan fingerprint density at radius 2 is 2.06 bits per heavy atom. The lowest BCUT2D eigenvalue weighted by Gasteiger charge is -2.05. The van der Waals surface area contributed by atoms with Gasteiger partial charge in [0, 0.05) is 46.5 Å². The van der Waals surface area contributed by atoms with Crippen LogP contribution in [0, 0.1) is 0 Å². The van der Waals surface area contributed by atoms with E-state index in [1.807, 2.05) is 30.7 Å². The van der Waals surface area contributed by atoms with Crippen molar-refractivity contribution >= 4 is 33.4 Å². The first-order valence-corrected chi connectivity index (χ1v) is 11.7. The second-order valence-electron chi connectivity index (χ2n) is 7.81. The summed E-state index contributed by atoms with van der Waals surface area (Å²) in [7, 11) is 0. The van der Waals surface area contributed by atoms with E-state index in [1.165, 1.54) is 4.88 Å². The molecule has 0 saturated heterocycles. The molecule has 0 aliphatic rings. The molecule has 0 atom stereocenters. The number of rotatable bonds is 6. The van der Waals surface area contributed by atoms with Gasteiger partial charge in [0.1, 0.15) is 16.9 Å². The first kappa shape index (κ1) is 19.8. The van der Waals surface area contributed by atoms with E-state index in [4.69, 9.17) is 4.98 Å². The predicted molar refractivity (Wildman–Crippen MR) is 133 cm³/mol. The first-order chi connectivity index (χ1) is 16.3. The third-order valence-corrected chi connectivity index (χ3v) is 6.55. The van der Waals surface area contributed by atoms with Crippen molar-refractivity contribution in [3.8, 4) is 33.1 Å². The molecule has 0 saturated carbocycles. The average Bonchev–Trinajstić information content (AvgIpc) is 3.61. The van der Waals surface area contributed by atoms with Crippen molar-refractivity contribution in [2.45, 2.75) is 13.5 Å². The average molecular weight is 452 g/mol. The van der Waals surface area contributed by atoms with Gasteiger partial charge < -0.3 is 10.3 Å². The highest BCUT2D eigenvalue weighted by atomic mass is 32.1. The van der Waals surface area contributed by atoms with Gasteiger partial charge in [-0.3, -0.25) is 10.1 Å². The summed E-state index contributed by atoms with van der Waals surface area (Å²) in [4.78, 5) is 18.5. The van der Waals surface area contributed by atoms with Crippen molar-refractivity contribution < 1.29 is 0 Å². The Bertz CT molecular complexity index is 1560. The quantitative estimate of drug-likeness (QED) is 0.315. The Labute approximate surface area is 194 Å². The molecule has 0 aliphatic carbocycles. The van der Waals surface area contributed by atoms with Crippen molar-refractivity contribution in [2.24, 2.45) is 0 Å². The van der Waals surface area contributed by atoms with Crippen LogP contribution in [0.15, 0.2) is 66.4 Å². The van der Waals surface area contributed by atoms with Gasteiger partial charge in [-0.05, 0) is 53.9 Å². The Kier molecular flexibility index (Phi) is 4.93. The van der Waals surface area contributed by atoms with E-state index in [9.17, 15) is 0 Å². The summed E-state index contributed by atoms with van der Waals surface area (Å²) in [6.07, 6.45) is 5.57. The van der Waals surface area contributed by atoms with E-state index in [0.29, 0.717) is 0 Å². The summed E-state index contributed by atoms with van der Waals surface area (Å²) in [5.74, 6) is 0. The van der Waals surface area contributed by atoms with Crippen LogP contribution in [0.1, 0.15) is 12.5 Å². The number of hydrogen-bond acceptors (Lipinski definition) is 6. The number of hydrogen-bond donors (Lipinski definition) is 3. The molecule has 0 aromatic carbocycles. The fourth-order valence-electron chi connectivity index (χ4n) is 4.04. The lowest BCUT2D eigenvalue weighted by atomic mass is 10.1. The molecule has 0 bridgehead atoms. The lowest BCUT2D eigenvalue weighted by molar-refractivity contribution is 0.724. The maximum atomic E-state index is 4.95. The molecule has 0 aliphatic heterocycles. The van der Waals surface area contributed by atoms with Crippen molar-refractivity contribution in [3.05, 3.63) is 72.0 Å². The molecule has 7 nitrogen and oxygen atoms in total. The minimum atomic E-state index is 0.777. The molecule has 3 N–H and O–H groups in total. The van der Waals surface area contributed by atoms with E-state index in [-0.39, 0.29) is 0 Å². The summed E-state index contributed by atoms with van der Waals surface area (Å²) < 4.78 is 0. The number of H-pyrrole nitrogens is 2. The molecular formula is C25H21N7S. The van der Waals surface area contributed by atoms with Crippen LogP contribution in [0.25, 0.3) is 55.2 Å². The highest BCUT2D eigenvalue weighted by Gasteiger charge is 2.16. The van der Waals surface area contributed by atoms with Gasteiger partial charge in [-0.25, -0.2) is 9.97 Å². The maximum Gasteiger partial charge on any atom is 0.138 e. The summed E-state index contributed by atoms with van der Waals surface area (Å²) in [6, 6.07) is 14.5. The Balaban J connectivity index is 1.44. The van der Waals surface area contributed by atoms with Gasteiger partial charge in [-0.1, -0.05) is 13.0 Å². The number of aromatic nitrogens is 6. The third-order valence-electron chi connectivity index (χ3n) is 5.65. The van der Waals surface area contributed by atoms with Gasteiger partial charge in [-0.2, -0.15) is 5.10 Å². The van der Waals surface area contributed by atoms with E-state index >= 15 is 0 Å². The first-order valence-electron chi connectivity index (χ1n) is 10.8. The van der Waals surface area contributed by atoms with E-state index < -0.39 is 0 Å². The van der Waals surface area contributed by atoms with Crippen molar-refractivity contribution in [2.75, 3.05) is 6.54 Å². The number of nitrogens with zero attached hydrogens (tertiary/aromatic N) is 4. The molecule has 6 rings (SSSR count).